The Labute approximate surface area is 203 Å². The third-order valence-corrected chi connectivity index (χ3v) is 8.33. The quantitative estimate of drug-likeness (QED) is 0.451. The van der Waals surface area contributed by atoms with Crippen molar-refractivity contribution in [3.63, 3.8) is 0 Å². The Balaban J connectivity index is 1.41. The van der Waals surface area contributed by atoms with E-state index in [4.69, 9.17) is 0 Å². The summed E-state index contributed by atoms with van der Waals surface area (Å²) in [5.41, 5.74) is 0.932. The molecule has 3 aliphatic rings. The first-order valence-corrected chi connectivity index (χ1v) is 12.4. The second kappa shape index (κ2) is 8.78. The Hall–Kier alpha value is -3.20. The van der Waals surface area contributed by atoms with Crippen LogP contribution in [0.25, 0.3) is 10.9 Å². The van der Waals surface area contributed by atoms with Gasteiger partial charge in [-0.1, -0.05) is 32.0 Å². The lowest BCUT2D eigenvalue weighted by atomic mass is 9.83. The van der Waals surface area contributed by atoms with E-state index in [1.807, 2.05) is 24.3 Å². The number of carbonyl (C=O) groups excluding carboxylic acids is 4. The smallest absolute Gasteiger partial charge is 0.271 e. The van der Waals surface area contributed by atoms with Gasteiger partial charge < -0.3 is 25.6 Å². The molecule has 0 bridgehead atoms. The van der Waals surface area contributed by atoms with Crippen LogP contribution in [0.5, 0.6) is 0 Å². The summed E-state index contributed by atoms with van der Waals surface area (Å²) in [6, 6.07) is 7.72. The first kappa shape index (κ1) is 23.5. The van der Waals surface area contributed by atoms with Crippen molar-refractivity contribution in [1.29, 1.82) is 0 Å². The van der Waals surface area contributed by atoms with E-state index < -0.39 is 36.3 Å². The third-order valence-electron chi connectivity index (χ3n) is 8.33. The number of aromatic amines is 1. The van der Waals surface area contributed by atoms with Crippen molar-refractivity contribution < 1.29 is 24.3 Å². The van der Waals surface area contributed by atoms with E-state index in [9.17, 15) is 24.3 Å². The molecule has 1 saturated carbocycles. The lowest BCUT2D eigenvalue weighted by Crippen LogP contribution is -2.56. The van der Waals surface area contributed by atoms with Gasteiger partial charge in [-0.25, -0.2) is 0 Å². The van der Waals surface area contributed by atoms with E-state index in [1.165, 1.54) is 0 Å². The molecule has 5 atom stereocenters. The van der Waals surface area contributed by atoms with E-state index in [0.717, 1.165) is 17.3 Å². The molecular formula is C26H32N4O5. The zero-order chi connectivity index (χ0) is 24.9. The number of aliphatic hydroxyl groups excluding tert-OH is 1. The number of nitrogens with one attached hydrogen (secondary N) is 3. The van der Waals surface area contributed by atoms with Crippen molar-refractivity contribution in [2.75, 3.05) is 19.7 Å². The Kier molecular flexibility index (Phi) is 5.91. The standard InChI is InChI=1S/C26H32N4O5/c1-14(2)26-11-17(26)12-30(25(35)20-9-15-5-3-4-6-18(15)28-20)22(26)24(34)29-19(21(32)13-31)10-16-7-8-27-23(16)33/h3-6,9,14,16-17,19,22,28,31H,7-8,10-13H2,1-2H3,(H,27,33)(H,29,34)/t16-,17-,19-,22+,26?/m0/s1. The fraction of sp³-hybridized carbons (Fsp3) is 0.538. The van der Waals surface area contributed by atoms with Crippen LogP contribution < -0.4 is 10.6 Å². The lowest BCUT2D eigenvalue weighted by Gasteiger charge is -2.34. The Morgan fingerprint density at radius 1 is 1.26 bits per heavy atom. The van der Waals surface area contributed by atoms with E-state index in [1.54, 1.807) is 11.0 Å². The second-order valence-corrected chi connectivity index (χ2v) is 10.5. The number of H-pyrrole nitrogens is 1. The predicted molar refractivity (Wildman–Crippen MR) is 128 cm³/mol. The molecule has 3 fully saturated rings. The monoisotopic (exact) mass is 480 g/mol. The van der Waals surface area contributed by atoms with Gasteiger partial charge in [-0.2, -0.15) is 0 Å². The van der Waals surface area contributed by atoms with Crippen LogP contribution in [0, 0.1) is 23.2 Å². The number of nitrogens with zero attached hydrogens (tertiary/aromatic N) is 1. The van der Waals surface area contributed by atoms with Crippen LogP contribution >= 0.6 is 0 Å². The summed E-state index contributed by atoms with van der Waals surface area (Å²) in [5, 5.41) is 16.0. The van der Waals surface area contributed by atoms with Crippen LogP contribution in [0.2, 0.25) is 0 Å². The Morgan fingerprint density at radius 2 is 2.03 bits per heavy atom. The number of hydrogen-bond donors (Lipinski definition) is 4. The number of para-hydroxylation sites is 1. The number of carbonyl (C=O) groups is 4. The summed E-state index contributed by atoms with van der Waals surface area (Å²) in [7, 11) is 0. The van der Waals surface area contributed by atoms with E-state index in [-0.39, 0.29) is 35.5 Å². The molecule has 5 rings (SSSR count). The van der Waals surface area contributed by atoms with Crippen molar-refractivity contribution in [3.8, 4) is 0 Å². The van der Waals surface area contributed by atoms with Gasteiger partial charge in [0.1, 0.15) is 18.3 Å². The minimum absolute atomic E-state index is 0.137. The number of Topliss-reactive ketones (excluding diaryl/α,β-unsaturated/α-hetero) is 1. The van der Waals surface area contributed by atoms with Gasteiger partial charge in [0.05, 0.1) is 6.04 Å². The van der Waals surface area contributed by atoms with E-state index in [0.29, 0.717) is 25.2 Å². The zero-order valence-corrected chi connectivity index (χ0v) is 20.0. The number of ketones is 1. The van der Waals surface area contributed by atoms with E-state index >= 15 is 0 Å². The van der Waals surface area contributed by atoms with Crippen LogP contribution in [0.4, 0.5) is 0 Å². The minimum atomic E-state index is -0.978. The highest BCUT2D eigenvalue weighted by atomic mass is 16.3. The lowest BCUT2D eigenvalue weighted by molar-refractivity contribution is -0.134. The zero-order valence-electron chi connectivity index (χ0n) is 20.0. The molecule has 1 unspecified atom stereocenters. The third kappa shape index (κ3) is 3.91. The average molecular weight is 481 g/mol. The fourth-order valence-corrected chi connectivity index (χ4v) is 6.31. The molecule has 3 heterocycles. The summed E-state index contributed by atoms with van der Waals surface area (Å²) in [6.07, 6.45) is 1.57. The normalized spacial score (nSPS) is 28.2. The first-order valence-electron chi connectivity index (χ1n) is 12.4. The van der Waals surface area contributed by atoms with Gasteiger partial charge >= 0.3 is 0 Å². The van der Waals surface area contributed by atoms with Gasteiger partial charge in [0.15, 0.2) is 5.78 Å². The van der Waals surface area contributed by atoms with Crippen molar-refractivity contribution >= 4 is 34.4 Å². The molecule has 2 saturated heterocycles. The van der Waals surface area contributed by atoms with Crippen molar-refractivity contribution in [2.45, 2.75) is 45.2 Å². The SMILES string of the molecule is CC(C)C12C[C@H]1CN(C(=O)c1cc3ccccc3[nH]1)[C@@H]2C(=O)N[C@@H](C[C@@H]1CCNC1=O)C(=O)CO. The van der Waals surface area contributed by atoms with Crippen molar-refractivity contribution in [3.05, 3.63) is 36.0 Å². The predicted octanol–water partition coefficient (Wildman–Crippen LogP) is 1.23. The molecular weight excluding hydrogens is 448 g/mol. The molecule has 2 aromatic rings. The molecule has 9 heteroatoms. The summed E-state index contributed by atoms with van der Waals surface area (Å²) in [4.78, 5) is 56.8. The molecule has 9 nitrogen and oxygen atoms in total. The number of aliphatic hydroxyl groups is 1. The van der Waals surface area contributed by atoms with Gasteiger partial charge in [0.2, 0.25) is 11.8 Å². The van der Waals surface area contributed by atoms with Crippen LogP contribution in [0.15, 0.2) is 30.3 Å². The maximum Gasteiger partial charge on any atom is 0.271 e. The van der Waals surface area contributed by atoms with Gasteiger partial charge in [-0.3, -0.25) is 19.2 Å². The molecule has 35 heavy (non-hydrogen) atoms. The average Bonchev–Trinajstić information content (AvgIpc) is 3.15. The topological polar surface area (TPSA) is 132 Å². The number of hydrogen-bond acceptors (Lipinski definition) is 5. The van der Waals surface area contributed by atoms with Gasteiger partial charge in [0.25, 0.3) is 5.91 Å². The number of aromatic nitrogens is 1. The Morgan fingerprint density at radius 3 is 2.69 bits per heavy atom. The molecule has 0 radical (unpaired) electrons. The largest absolute Gasteiger partial charge is 0.389 e. The molecule has 1 aliphatic carbocycles. The number of likely N-dealkylation sites (tertiary alicyclic amines) is 1. The highest BCUT2D eigenvalue weighted by Gasteiger charge is 2.70. The van der Waals surface area contributed by atoms with E-state index in [2.05, 4.69) is 29.5 Å². The number of piperidine rings is 1. The number of benzene rings is 1. The second-order valence-electron chi connectivity index (χ2n) is 10.5. The molecule has 1 aromatic heterocycles. The Bertz CT molecular complexity index is 1160. The number of rotatable bonds is 8. The summed E-state index contributed by atoms with van der Waals surface area (Å²) < 4.78 is 0. The molecule has 3 amide bonds. The maximum atomic E-state index is 13.7. The number of fused-ring (bicyclic) bond motifs is 2. The van der Waals surface area contributed by atoms with Crippen LogP contribution in [0.3, 0.4) is 0 Å². The first-order chi connectivity index (χ1) is 16.8. The van der Waals surface area contributed by atoms with Crippen molar-refractivity contribution in [1.82, 2.24) is 20.5 Å². The molecule has 0 spiro atoms. The van der Waals surface area contributed by atoms with Gasteiger partial charge in [-0.05, 0) is 43.2 Å². The maximum absolute atomic E-state index is 13.7. The fourth-order valence-electron chi connectivity index (χ4n) is 6.31. The van der Waals surface area contributed by atoms with Gasteiger partial charge in [0, 0.05) is 35.3 Å². The minimum Gasteiger partial charge on any atom is -0.389 e. The summed E-state index contributed by atoms with van der Waals surface area (Å²) in [5.74, 6) is -1.32. The van der Waals surface area contributed by atoms with Crippen molar-refractivity contribution in [2.24, 2.45) is 23.2 Å². The molecule has 186 valence electrons. The molecule has 1 aromatic carbocycles. The molecule has 2 aliphatic heterocycles. The summed E-state index contributed by atoms with van der Waals surface area (Å²) in [6.45, 7) is 4.42. The number of amides is 3. The highest BCUT2D eigenvalue weighted by molar-refractivity contribution is 6.02. The van der Waals surface area contributed by atoms with Gasteiger partial charge in [-0.15, -0.1) is 0 Å². The van der Waals surface area contributed by atoms with Crippen LogP contribution in [0.1, 0.15) is 43.6 Å². The molecule has 4 N–H and O–H groups in total. The summed E-state index contributed by atoms with van der Waals surface area (Å²) >= 11 is 0. The highest BCUT2D eigenvalue weighted by Crippen LogP contribution is 2.66. The van der Waals surface area contributed by atoms with Crippen LogP contribution in [-0.4, -0.2) is 70.3 Å². The van der Waals surface area contributed by atoms with Crippen LogP contribution in [-0.2, 0) is 14.4 Å².